The highest BCUT2D eigenvalue weighted by Crippen LogP contribution is 2.23. The van der Waals surface area contributed by atoms with Gasteiger partial charge in [0.05, 0.1) is 5.92 Å². The number of benzene rings is 1. The highest BCUT2D eigenvalue weighted by molar-refractivity contribution is 5.93. The van der Waals surface area contributed by atoms with Gasteiger partial charge >= 0.3 is 0 Å². The molecule has 6 heteroatoms. The first-order chi connectivity index (χ1) is 14.6. The van der Waals surface area contributed by atoms with Crippen molar-refractivity contribution < 1.29 is 4.79 Å². The minimum atomic E-state index is -0.0698. The van der Waals surface area contributed by atoms with Crippen LogP contribution in [0.3, 0.4) is 0 Å². The van der Waals surface area contributed by atoms with Crippen LogP contribution in [0.5, 0.6) is 0 Å². The first-order valence-corrected chi connectivity index (χ1v) is 10.4. The summed E-state index contributed by atoms with van der Waals surface area (Å²) in [5.74, 6) is 0.719. The van der Waals surface area contributed by atoms with E-state index in [9.17, 15) is 4.79 Å². The van der Waals surface area contributed by atoms with E-state index in [1.165, 1.54) is 11.1 Å². The van der Waals surface area contributed by atoms with E-state index in [0.29, 0.717) is 6.54 Å². The second kappa shape index (κ2) is 9.03. The van der Waals surface area contributed by atoms with Gasteiger partial charge in [-0.05, 0) is 74.6 Å². The van der Waals surface area contributed by atoms with Crippen LogP contribution in [0.4, 0.5) is 11.6 Å². The molecule has 6 nitrogen and oxygen atoms in total. The van der Waals surface area contributed by atoms with Gasteiger partial charge in [0.1, 0.15) is 0 Å². The summed E-state index contributed by atoms with van der Waals surface area (Å²) in [6, 6.07) is 14.1. The number of carbonyl (C=O) groups is 1. The Kier molecular flexibility index (Phi) is 6.02. The molecule has 1 fully saturated rings. The van der Waals surface area contributed by atoms with Crippen LogP contribution in [0.15, 0.2) is 54.9 Å². The number of hydrogen-bond acceptors (Lipinski definition) is 5. The molecule has 3 heterocycles. The number of carbonyl (C=O) groups excluding carboxylic acids is 1. The average molecular weight is 402 g/mol. The van der Waals surface area contributed by atoms with Crippen LogP contribution >= 0.6 is 0 Å². The van der Waals surface area contributed by atoms with Gasteiger partial charge in [0.2, 0.25) is 11.9 Å². The third-order valence-electron chi connectivity index (χ3n) is 5.42. The number of nitrogens with zero attached hydrogens (tertiary/aromatic N) is 4. The zero-order valence-electron chi connectivity index (χ0n) is 17.5. The predicted molar refractivity (Wildman–Crippen MR) is 119 cm³/mol. The minimum Gasteiger partial charge on any atom is -0.340 e. The summed E-state index contributed by atoms with van der Waals surface area (Å²) < 4.78 is 0. The summed E-state index contributed by atoms with van der Waals surface area (Å²) >= 11 is 0. The SMILES string of the molecule is Cc1cc(C)nc(N2CCCC(C(=O)Nc3ccc(Cc4ccncc4)cc3)C2)n1. The van der Waals surface area contributed by atoms with Gasteiger partial charge in [-0.15, -0.1) is 0 Å². The minimum absolute atomic E-state index is 0.0611. The molecule has 1 N–H and O–H groups in total. The number of pyridine rings is 1. The molecule has 30 heavy (non-hydrogen) atoms. The molecule has 1 amide bonds. The largest absolute Gasteiger partial charge is 0.340 e. The monoisotopic (exact) mass is 401 g/mol. The number of aryl methyl sites for hydroxylation is 2. The van der Waals surface area contributed by atoms with Gasteiger partial charge in [0, 0.05) is 42.6 Å². The maximum atomic E-state index is 12.9. The highest BCUT2D eigenvalue weighted by atomic mass is 16.1. The fourth-order valence-electron chi connectivity index (χ4n) is 3.91. The fraction of sp³-hybridized carbons (Fsp3) is 0.333. The summed E-state index contributed by atoms with van der Waals surface area (Å²) in [5, 5.41) is 3.08. The summed E-state index contributed by atoms with van der Waals surface area (Å²) in [7, 11) is 0. The van der Waals surface area contributed by atoms with E-state index in [2.05, 4.69) is 37.3 Å². The van der Waals surface area contributed by atoms with Crippen molar-refractivity contribution in [2.24, 2.45) is 5.92 Å². The van der Waals surface area contributed by atoms with Crippen molar-refractivity contribution in [1.82, 2.24) is 15.0 Å². The Morgan fingerprint density at radius 1 is 1.03 bits per heavy atom. The Morgan fingerprint density at radius 3 is 2.40 bits per heavy atom. The Hall–Kier alpha value is -3.28. The van der Waals surface area contributed by atoms with Crippen molar-refractivity contribution in [2.45, 2.75) is 33.1 Å². The first kappa shape index (κ1) is 20.0. The molecule has 154 valence electrons. The predicted octanol–water partition coefficient (Wildman–Crippen LogP) is 3.93. The smallest absolute Gasteiger partial charge is 0.229 e. The Balaban J connectivity index is 1.37. The summed E-state index contributed by atoms with van der Waals surface area (Å²) in [6.07, 6.45) is 6.30. The lowest BCUT2D eigenvalue weighted by Crippen LogP contribution is -2.41. The zero-order chi connectivity index (χ0) is 20.9. The first-order valence-electron chi connectivity index (χ1n) is 10.4. The van der Waals surface area contributed by atoms with Gasteiger partial charge in [-0.25, -0.2) is 9.97 Å². The molecule has 0 saturated carbocycles. The van der Waals surface area contributed by atoms with E-state index < -0.39 is 0 Å². The molecule has 0 bridgehead atoms. The molecular weight excluding hydrogens is 374 g/mol. The highest BCUT2D eigenvalue weighted by Gasteiger charge is 2.27. The van der Waals surface area contributed by atoms with E-state index in [4.69, 9.17) is 0 Å². The van der Waals surface area contributed by atoms with E-state index in [1.54, 1.807) is 12.4 Å². The molecule has 1 unspecified atom stereocenters. The van der Waals surface area contributed by atoms with Crippen molar-refractivity contribution in [2.75, 3.05) is 23.3 Å². The Morgan fingerprint density at radius 2 is 1.70 bits per heavy atom. The van der Waals surface area contributed by atoms with E-state index in [0.717, 1.165) is 48.8 Å². The van der Waals surface area contributed by atoms with Crippen LogP contribution in [-0.4, -0.2) is 33.9 Å². The number of piperidine rings is 1. The molecule has 1 aliphatic heterocycles. The van der Waals surface area contributed by atoms with Crippen LogP contribution in [0.2, 0.25) is 0 Å². The number of aromatic nitrogens is 3. The second-order valence-electron chi connectivity index (χ2n) is 7.95. The summed E-state index contributed by atoms with van der Waals surface area (Å²) in [5.41, 5.74) is 5.16. The molecule has 0 spiro atoms. The van der Waals surface area contributed by atoms with Crippen LogP contribution in [0.25, 0.3) is 0 Å². The fourth-order valence-corrected chi connectivity index (χ4v) is 3.91. The number of rotatable bonds is 5. The molecule has 0 aliphatic carbocycles. The molecule has 0 radical (unpaired) electrons. The number of hydrogen-bond donors (Lipinski definition) is 1. The molecular formula is C24H27N5O. The molecule has 3 aromatic rings. The molecule has 1 aromatic carbocycles. The number of amides is 1. The maximum Gasteiger partial charge on any atom is 0.229 e. The Labute approximate surface area is 177 Å². The zero-order valence-corrected chi connectivity index (χ0v) is 17.5. The molecule has 1 aliphatic rings. The number of anilines is 2. The standard InChI is InChI=1S/C24H27N5O/c1-17-14-18(2)27-24(26-17)29-13-3-4-21(16-29)23(30)28-22-7-5-19(6-8-22)15-20-9-11-25-12-10-20/h5-12,14,21H,3-4,13,15-16H2,1-2H3,(H,28,30). The summed E-state index contributed by atoms with van der Waals surface area (Å²) in [4.78, 5) is 28.2. The van der Waals surface area contributed by atoms with Gasteiger partial charge in [-0.3, -0.25) is 9.78 Å². The van der Waals surface area contributed by atoms with Crippen molar-refractivity contribution in [3.8, 4) is 0 Å². The van der Waals surface area contributed by atoms with Gasteiger partial charge in [-0.1, -0.05) is 12.1 Å². The molecule has 1 saturated heterocycles. The van der Waals surface area contributed by atoms with Crippen molar-refractivity contribution >= 4 is 17.5 Å². The van der Waals surface area contributed by atoms with Crippen molar-refractivity contribution in [1.29, 1.82) is 0 Å². The molecule has 1 atom stereocenters. The molecule has 2 aromatic heterocycles. The van der Waals surface area contributed by atoms with Crippen molar-refractivity contribution in [3.63, 3.8) is 0 Å². The van der Waals surface area contributed by atoms with Crippen LogP contribution in [0.1, 0.15) is 35.4 Å². The van der Waals surface area contributed by atoms with Crippen LogP contribution in [0, 0.1) is 19.8 Å². The quantitative estimate of drug-likeness (QED) is 0.701. The van der Waals surface area contributed by atoms with E-state index in [-0.39, 0.29) is 11.8 Å². The second-order valence-corrected chi connectivity index (χ2v) is 7.95. The normalized spacial score (nSPS) is 16.3. The lowest BCUT2D eigenvalue weighted by molar-refractivity contribution is -0.120. The van der Waals surface area contributed by atoms with Crippen LogP contribution in [-0.2, 0) is 11.2 Å². The van der Waals surface area contributed by atoms with Gasteiger partial charge < -0.3 is 10.2 Å². The number of nitrogens with one attached hydrogen (secondary N) is 1. The maximum absolute atomic E-state index is 12.9. The third kappa shape index (κ3) is 5.00. The lowest BCUT2D eigenvalue weighted by Gasteiger charge is -2.32. The molecule has 4 rings (SSSR count). The van der Waals surface area contributed by atoms with Crippen LogP contribution < -0.4 is 10.2 Å². The van der Waals surface area contributed by atoms with Crippen molar-refractivity contribution in [3.05, 3.63) is 77.4 Å². The van der Waals surface area contributed by atoms with E-state index in [1.807, 2.05) is 44.2 Å². The van der Waals surface area contributed by atoms with E-state index >= 15 is 0 Å². The average Bonchev–Trinajstić information content (AvgIpc) is 2.75. The topological polar surface area (TPSA) is 71.0 Å². The van der Waals surface area contributed by atoms with Gasteiger partial charge in [0.25, 0.3) is 0 Å². The summed E-state index contributed by atoms with van der Waals surface area (Å²) in [6.45, 7) is 5.49. The third-order valence-corrected chi connectivity index (χ3v) is 5.42. The lowest BCUT2D eigenvalue weighted by atomic mass is 9.97. The van der Waals surface area contributed by atoms with Gasteiger partial charge in [-0.2, -0.15) is 0 Å². The van der Waals surface area contributed by atoms with Gasteiger partial charge in [0.15, 0.2) is 0 Å². The Bertz CT molecular complexity index is 984.